The van der Waals surface area contributed by atoms with Gasteiger partial charge in [-0.05, 0) is 31.5 Å². The molecule has 0 amide bonds. The first-order chi connectivity index (χ1) is 7.97. The standard InChI is InChI=1S/C11H14BF3NO.K/c1-9(12(13,14)15)7-16(10-4-5-10)8-11-3-2-6-17-11;/h2-3,6,10H,1,4-5,7-8H2;/q-1;+1. The number of hydrogen-bond donors (Lipinski definition) is 0. The molecule has 0 radical (unpaired) electrons. The maximum Gasteiger partial charge on any atom is 1.00 e. The summed E-state index contributed by atoms with van der Waals surface area (Å²) in [5.74, 6) is 0.694. The Bertz CT molecular complexity index is 389. The Morgan fingerprint density at radius 2 is 2.11 bits per heavy atom. The Morgan fingerprint density at radius 3 is 2.56 bits per heavy atom. The van der Waals surface area contributed by atoms with Crippen molar-refractivity contribution in [3.63, 3.8) is 0 Å². The Labute approximate surface area is 147 Å². The summed E-state index contributed by atoms with van der Waals surface area (Å²) in [6.45, 7) is -1.50. The van der Waals surface area contributed by atoms with Gasteiger partial charge in [-0.2, -0.15) is 0 Å². The number of hydrogen-bond acceptors (Lipinski definition) is 2. The molecule has 0 unspecified atom stereocenters. The molecule has 1 aromatic heterocycles. The largest absolute Gasteiger partial charge is 1.00 e. The summed E-state index contributed by atoms with van der Waals surface area (Å²) in [5, 5.41) is 0. The summed E-state index contributed by atoms with van der Waals surface area (Å²) in [6.07, 6.45) is 3.45. The third kappa shape index (κ3) is 4.86. The minimum Gasteiger partial charge on any atom is -0.468 e. The van der Waals surface area contributed by atoms with Crippen LogP contribution in [-0.2, 0) is 6.54 Å². The van der Waals surface area contributed by atoms with Crippen molar-refractivity contribution in [1.29, 1.82) is 0 Å². The molecule has 1 aromatic rings. The van der Waals surface area contributed by atoms with E-state index >= 15 is 0 Å². The van der Waals surface area contributed by atoms with Crippen LogP contribution < -0.4 is 51.4 Å². The maximum atomic E-state index is 12.5. The van der Waals surface area contributed by atoms with E-state index in [4.69, 9.17) is 4.42 Å². The Morgan fingerprint density at radius 1 is 1.44 bits per heavy atom. The molecule has 0 bridgehead atoms. The molecule has 1 heterocycles. The molecular formula is C11H14BF3KNO. The van der Waals surface area contributed by atoms with Crippen LogP contribution >= 0.6 is 0 Å². The quantitative estimate of drug-likeness (QED) is 0.693. The Balaban J connectivity index is 0.00000162. The molecule has 1 aliphatic rings. The van der Waals surface area contributed by atoms with E-state index in [0.717, 1.165) is 12.8 Å². The van der Waals surface area contributed by atoms with E-state index in [2.05, 4.69) is 6.58 Å². The summed E-state index contributed by atoms with van der Waals surface area (Å²) >= 11 is 0. The van der Waals surface area contributed by atoms with Gasteiger partial charge in [0, 0.05) is 6.04 Å². The zero-order chi connectivity index (χ0) is 12.5. The van der Waals surface area contributed by atoms with Gasteiger partial charge in [-0.25, -0.2) is 0 Å². The van der Waals surface area contributed by atoms with Crippen molar-refractivity contribution in [2.75, 3.05) is 6.54 Å². The van der Waals surface area contributed by atoms with E-state index in [-0.39, 0.29) is 64.0 Å². The molecule has 0 saturated heterocycles. The van der Waals surface area contributed by atoms with Crippen molar-refractivity contribution in [3.05, 3.63) is 36.2 Å². The van der Waals surface area contributed by atoms with Gasteiger partial charge in [0.1, 0.15) is 5.76 Å². The zero-order valence-electron chi connectivity index (χ0n) is 10.4. The van der Waals surface area contributed by atoms with Crippen LogP contribution in [0.5, 0.6) is 0 Å². The van der Waals surface area contributed by atoms with E-state index in [1.165, 1.54) is 6.26 Å². The number of furan rings is 1. The summed E-state index contributed by atoms with van der Waals surface area (Å²) in [7, 11) is 0. The number of nitrogens with zero attached hydrogens (tertiary/aromatic N) is 1. The maximum absolute atomic E-state index is 12.5. The monoisotopic (exact) mass is 283 g/mol. The predicted molar refractivity (Wildman–Crippen MR) is 60.4 cm³/mol. The molecule has 0 aromatic carbocycles. The normalized spacial score (nSPS) is 15.6. The Hall–Kier alpha value is 0.471. The van der Waals surface area contributed by atoms with Crippen molar-refractivity contribution < 1.29 is 68.7 Å². The number of halogens is 3. The summed E-state index contributed by atoms with van der Waals surface area (Å²) in [6, 6.07) is 3.76. The van der Waals surface area contributed by atoms with Crippen LogP contribution in [0.4, 0.5) is 12.9 Å². The molecule has 94 valence electrons. The molecule has 2 rings (SSSR count). The molecule has 1 aliphatic carbocycles. The smallest absolute Gasteiger partial charge is 0.468 e. The SMILES string of the molecule is C=C(CN(Cc1ccco1)C1CC1)[B-](F)(F)F.[K+]. The van der Waals surface area contributed by atoms with Crippen LogP contribution in [0.1, 0.15) is 18.6 Å². The van der Waals surface area contributed by atoms with Crippen molar-refractivity contribution in [2.45, 2.75) is 25.4 Å². The van der Waals surface area contributed by atoms with Gasteiger partial charge in [-0.15, -0.1) is 12.1 Å². The molecule has 0 N–H and O–H groups in total. The van der Waals surface area contributed by atoms with Gasteiger partial charge in [0.25, 0.3) is 0 Å². The van der Waals surface area contributed by atoms with Crippen LogP contribution in [0, 0.1) is 0 Å². The fraction of sp³-hybridized carbons (Fsp3) is 0.455. The van der Waals surface area contributed by atoms with Crippen LogP contribution in [0.3, 0.4) is 0 Å². The minimum absolute atomic E-state index is 0. The van der Waals surface area contributed by atoms with E-state index in [1.54, 1.807) is 17.0 Å². The zero-order valence-corrected chi connectivity index (χ0v) is 13.5. The van der Waals surface area contributed by atoms with Crippen LogP contribution in [0.25, 0.3) is 0 Å². The topological polar surface area (TPSA) is 16.4 Å². The van der Waals surface area contributed by atoms with Gasteiger partial charge < -0.3 is 17.4 Å². The third-order valence-electron chi connectivity index (χ3n) is 2.87. The first kappa shape index (κ1) is 16.5. The molecule has 7 heteroatoms. The summed E-state index contributed by atoms with van der Waals surface area (Å²) < 4.78 is 42.6. The third-order valence-corrected chi connectivity index (χ3v) is 2.87. The molecule has 18 heavy (non-hydrogen) atoms. The average Bonchev–Trinajstić information content (AvgIpc) is 2.95. The average molecular weight is 283 g/mol. The molecule has 0 atom stereocenters. The predicted octanol–water partition coefficient (Wildman–Crippen LogP) is 0.191. The Kier molecular flexibility index (Phi) is 6.21. The minimum atomic E-state index is -4.94. The summed E-state index contributed by atoms with van der Waals surface area (Å²) in [4.78, 5) is 1.79. The van der Waals surface area contributed by atoms with Gasteiger partial charge in [-0.1, -0.05) is 0 Å². The fourth-order valence-electron chi connectivity index (χ4n) is 1.72. The van der Waals surface area contributed by atoms with Crippen LogP contribution in [0.2, 0.25) is 0 Å². The van der Waals surface area contributed by atoms with E-state index in [9.17, 15) is 12.9 Å². The fourth-order valence-corrected chi connectivity index (χ4v) is 1.72. The molecule has 0 spiro atoms. The van der Waals surface area contributed by atoms with Crippen LogP contribution in [0.15, 0.2) is 34.9 Å². The van der Waals surface area contributed by atoms with Gasteiger partial charge in [0.15, 0.2) is 0 Å². The van der Waals surface area contributed by atoms with E-state index < -0.39 is 12.4 Å². The van der Waals surface area contributed by atoms with Crippen molar-refractivity contribution >= 4 is 6.98 Å². The second kappa shape index (κ2) is 6.76. The first-order valence-electron chi connectivity index (χ1n) is 5.61. The van der Waals surface area contributed by atoms with Crippen molar-refractivity contribution in [1.82, 2.24) is 4.90 Å². The van der Waals surface area contributed by atoms with Gasteiger partial charge in [0.2, 0.25) is 0 Å². The first-order valence-corrected chi connectivity index (χ1v) is 5.61. The number of rotatable bonds is 6. The second-order valence-corrected chi connectivity index (χ2v) is 4.45. The molecule has 0 aliphatic heterocycles. The second-order valence-electron chi connectivity index (χ2n) is 4.45. The van der Waals surface area contributed by atoms with Gasteiger partial charge in [0.05, 0.1) is 12.8 Å². The van der Waals surface area contributed by atoms with Crippen molar-refractivity contribution in [2.24, 2.45) is 0 Å². The molecule has 1 saturated carbocycles. The molecule has 1 fully saturated rings. The molecular weight excluding hydrogens is 269 g/mol. The summed E-state index contributed by atoms with van der Waals surface area (Å²) in [5.41, 5.74) is -0.636. The van der Waals surface area contributed by atoms with Crippen LogP contribution in [-0.4, -0.2) is 24.5 Å². The molecule has 2 nitrogen and oxygen atoms in total. The van der Waals surface area contributed by atoms with Gasteiger partial charge in [-0.3, -0.25) is 4.90 Å². The van der Waals surface area contributed by atoms with Gasteiger partial charge >= 0.3 is 58.4 Å². The van der Waals surface area contributed by atoms with E-state index in [1.807, 2.05) is 0 Å². The van der Waals surface area contributed by atoms with Crippen molar-refractivity contribution in [3.8, 4) is 0 Å². The van der Waals surface area contributed by atoms with E-state index in [0.29, 0.717) is 12.3 Å².